The number of aromatic nitrogens is 4. The number of hydrogen-bond donors (Lipinski definition) is 0. The van der Waals surface area contributed by atoms with Crippen molar-refractivity contribution in [3.63, 3.8) is 0 Å². The Labute approximate surface area is 113 Å². The maximum atomic E-state index is 12.1. The summed E-state index contributed by atoms with van der Waals surface area (Å²) in [5.41, 5.74) is 0.572. The lowest BCUT2D eigenvalue weighted by Gasteiger charge is -2.08. The average molecular weight is 309 g/mol. The lowest BCUT2D eigenvalue weighted by molar-refractivity contribution is 0.0988. The van der Waals surface area contributed by atoms with Gasteiger partial charge < -0.3 is 0 Å². The molecule has 0 spiro atoms. The Kier molecular flexibility index (Phi) is 3.86. The van der Waals surface area contributed by atoms with E-state index in [0.29, 0.717) is 11.4 Å². The summed E-state index contributed by atoms with van der Waals surface area (Å²) in [6.07, 6.45) is 4.91. The molecule has 0 aliphatic rings. The van der Waals surface area contributed by atoms with Crippen molar-refractivity contribution in [1.82, 2.24) is 19.7 Å². The van der Waals surface area contributed by atoms with E-state index in [2.05, 4.69) is 31.0 Å². The van der Waals surface area contributed by atoms with Gasteiger partial charge in [0.05, 0.1) is 6.42 Å². The summed E-state index contributed by atoms with van der Waals surface area (Å²) in [6.45, 7) is 4.01. The van der Waals surface area contributed by atoms with Crippen LogP contribution in [0.1, 0.15) is 36.1 Å². The Balaban J connectivity index is 2.19. The minimum absolute atomic E-state index is 0.0151. The van der Waals surface area contributed by atoms with E-state index in [-0.39, 0.29) is 18.2 Å². The monoisotopic (exact) mass is 308 g/mol. The minimum atomic E-state index is -0.0151. The van der Waals surface area contributed by atoms with Gasteiger partial charge in [0.1, 0.15) is 12.2 Å². The first kappa shape index (κ1) is 12.9. The zero-order valence-electron chi connectivity index (χ0n) is 10.2. The molecular formula is C12H13BrN4O. The van der Waals surface area contributed by atoms with Gasteiger partial charge in [-0.15, -0.1) is 0 Å². The topological polar surface area (TPSA) is 60.7 Å². The number of ketones is 1. The van der Waals surface area contributed by atoms with Gasteiger partial charge in [0.2, 0.25) is 0 Å². The van der Waals surface area contributed by atoms with E-state index in [1.165, 1.54) is 6.33 Å². The standard InChI is InChI=1S/C12H13BrN4O/c1-8(2)17-12(15-7-16-17)4-11(18)9-3-10(13)6-14-5-9/h3,5-8H,4H2,1-2H3. The Morgan fingerprint density at radius 3 is 2.89 bits per heavy atom. The van der Waals surface area contributed by atoms with E-state index in [9.17, 15) is 4.79 Å². The van der Waals surface area contributed by atoms with Crippen molar-refractivity contribution in [2.24, 2.45) is 0 Å². The first-order valence-corrected chi connectivity index (χ1v) is 6.39. The maximum absolute atomic E-state index is 12.1. The summed E-state index contributed by atoms with van der Waals surface area (Å²) in [4.78, 5) is 20.2. The van der Waals surface area contributed by atoms with E-state index in [4.69, 9.17) is 0 Å². The zero-order chi connectivity index (χ0) is 13.1. The number of halogens is 1. The smallest absolute Gasteiger partial charge is 0.172 e. The fourth-order valence-corrected chi connectivity index (χ4v) is 2.01. The van der Waals surface area contributed by atoms with Gasteiger partial charge in [0.25, 0.3) is 0 Å². The molecule has 2 heterocycles. The van der Waals surface area contributed by atoms with Crippen LogP contribution in [-0.4, -0.2) is 25.5 Å². The highest BCUT2D eigenvalue weighted by Gasteiger charge is 2.14. The van der Waals surface area contributed by atoms with Gasteiger partial charge in [-0.05, 0) is 35.8 Å². The molecule has 0 unspecified atom stereocenters. The van der Waals surface area contributed by atoms with Crippen LogP contribution in [0.25, 0.3) is 0 Å². The summed E-state index contributed by atoms with van der Waals surface area (Å²) >= 11 is 3.30. The van der Waals surface area contributed by atoms with Crippen LogP contribution in [0.5, 0.6) is 0 Å². The fourth-order valence-electron chi connectivity index (χ4n) is 1.64. The summed E-state index contributed by atoms with van der Waals surface area (Å²) in [6, 6.07) is 1.95. The molecule has 0 atom stereocenters. The predicted molar refractivity (Wildman–Crippen MR) is 70.4 cm³/mol. The first-order valence-electron chi connectivity index (χ1n) is 5.60. The Bertz CT molecular complexity index is 565. The molecule has 94 valence electrons. The summed E-state index contributed by atoms with van der Waals surface area (Å²) in [5, 5.41) is 4.11. The second-order valence-corrected chi connectivity index (χ2v) is 5.12. The Hall–Kier alpha value is -1.56. The summed E-state index contributed by atoms with van der Waals surface area (Å²) in [7, 11) is 0. The van der Waals surface area contributed by atoms with Gasteiger partial charge in [0, 0.05) is 28.5 Å². The molecule has 0 saturated carbocycles. The van der Waals surface area contributed by atoms with Crippen molar-refractivity contribution in [3.05, 3.63) is 40.6 Å². The molecular weight excluding hydrogens is 296 g/mol. The highest BCUT2D eigenvalue weighted by atomic mass is 79.9. The number of rotatable bonds is 4. The maximum Gasteiger partial charge on any atom is 0.172 e. The number of Topliss-reactive ketones (excluding diaryl/α,β-unsaturated/α-hetero) is 1. The highest BCUT2D eigenvalue weighted by Crippen LogP contribution is 2.13. The molecule has 2 aromatic heterocycles. The van der Waals surface area contributed by atoms with Crippen molar-refractivity contribution in [3.8, 4) is 0 Å². The number of pyridine rings is 1. The Morgan fingerprint density at radius 1 is 1.44 bits per heavy atom. The van der Waals surface area contributed by atoms with Gasteiger partial charge >= 0.3 is 0 Å². The second kappa shape index (κ2) is 5.39. The van der Waals surface area contributed by atoms with Crippen molar-refractivity contribution in [1.29, 1.82) is 0 Å². The van der Waals surface area contributed by atoms with Gasteiger partial charge in [-0.25, -0.2) is 9.67 Å². The number of carbonyl (C=O) groups is 1. The van der Waals surface area contributed by atoms with Crippen LogP contribution < -0.4 is 0 Å². The van der Waals surface area contributed by atoms with E-state index in [1.54, 1.807) is 23.1 Å². The molecule has 6 heteroatoms. The lowest BCUT2D eigenvalue weighted by Crippen LogP contribution is -2.13. The minimum Gasteiger partial charge on any atom is -0.294 e. The van der Waals surface area contributed by atoms with Crippen molar-refractivity contribution >= 4 is 21.7 Å². The SMILES string of the molecule is CC(C)n1ncnc1CC(=O)c1cncc(Br)c1. The molecule has 0 bridgehead atoms. The first-order chi connectivity index (χ1) is 8.58. The highest BCUT2D eigenvalue weighted by molar-refractivity contribution is 9.10. The van der Waals surface area contributed by atoms with E-state index in [1.807, 2.05) is 13.8 Å². The molecule has 2 aromatic rings. The van der Waals surface area contributed by atoms with Crippen LogP contribution in [0.2, 0.25) is 0 Å². The predicted octanol–water partition coefficient (Wildman–Crippen LogP) is 2.44. The molecule has 0 fully saturated rings. The van der Waals surface area contributed by atoms with Crippen LogP contribution in [0.4, 0.5) is 0 Å². The van der Waals surface area contributed by atoms with Crippen LogP contribution in [0.3, 0.4) is 0 Å². The van der Waals surface area contributed by atoms with Gasteiger partial charge in [-0.2, -0.15) is 5.10 Å². The molecule has 0 N–H and O–H groups in total. The van der Waals surface area contributed by atoms with Crippen molar-refractivity contribution in [2.45, 2.75) is 26.3 Å². The molecule has 18 heavy (non-hydrogen) atoms. The summed E-state index contributed by atoms with van der Waals surface area (Å²) < 4.78 is 2.54. The van der Waals surface area contributed by atoms with E-state index >= 15 is 0 Å². The Morgan fingerprint density at radius 2 is 2.22 bits per heavy atom. The number of hydrogen-bond acceptors (Lipinski definition) is 4. The molecule has 0 aromatic carbocycles. The van der Waals surface area contributed by atoms with Gasteiger partial charge in [0.15, 0.2) is 5.78 Å². The third kappa shape index (κ3) is 2.81. The third-order valence-electron chi connectivity index (χ3n) is 2.48. The lowest BCUT2D eigenvalue weighted by atomic mass is 10.1. The van der Waals surface area contributed by atoms with Crippen LogP contribution >= 0.6 is 15.9 Å². The molecule has 0 radical (unpaired) electrons. The number of nitrogens with zero attached hydrogens (tertiary/aromatic N) is 4. The molecule has 0 aliphatic carbocycles. The van der Waals surface area contributed by atoms with Gasteiger partial charge in [-0.1, -0.05) is 0 Å². The van der Waals surface area contributed by atoms with Crippen LogP contribution in [0, 0.1) is 0 Å². The van der Waals surface area contributed by atoms with Crippen LogP contribution in [0.15, 0.2) is 29.3 Å². The molecule has 5 nitrogen and oxygen atoms in total. The molecule has 0 saturated heterocycles. The van der Waals surface area contributed by atoms with Crippen molar-refractivity contribution < 1.29 is 4.79 Å². The molecule has 0 amide bonds. The van der Waals surface area contributed by atoms with E-state index < -0.39 is 0 Å². The number of carbonyl (C=O) groups excluding carboxylic acids is 1. The van der Waals surface area contributed by atoms with Gasteiger partial charge in [-0.3, -0.25) is 9.78 Å². The average Bonchev–Trinajstić information content (AvgIpc) is 2.77. The summed E-state index contributed by atoms with van der Waals surface area (Å²) in [5.74, 6) is 0.661. The normalized spacial score (nSPS) is 10.9. The second-order valence-electron chi connectivity index (χ2n) is 4.21. The van der Waals surface area contributed by atoms with E-state index in [0.717, 1.165) is 4.47 Å². The van der Waals surface area contributed by atoms with Crippen LogP contribution in [-0.2, 0) is 6.42 Å². The quantitative estimate of drug-likeness (QED) is 0.814. The fraction of sp³-hybridized carbons (Fsp3) is 0.333. The zero-order valence-corrected chi connectivity index (χ0v) is 11.8. The molecule has 0 aliphatic heterocycles. The largest absolute Gasteiger partial charge is 0.294 e. The van der Waals surface area contributed by atoms with Crippen molar-refractivity contribution in [2.75, 3.05) is 0 Å². The molecule has 2 rings (SSSR count). The third-order valence-corrected chi connectivity index (χ3v) is 2.92.